The van der Waals surface area contributed by atoms with Crippen molar-refractivity contribution in [2.75, 3.05) is 65.8 Å². The minimum atomic E-state index is -0.103. The second kappa shape index (κ2) is 70.6. The van der Waals surface area contributed by atoms with E-state index in [1.807, 2.05) is 96.9 Å². The lowest BCUT2D eigenvalue weighted by molar-refractivity contribution is -0.148. The van der Waals surface area contributed by atoms with E-state index >= 15 is 0 Å². The molecule has 0 aromatic carbocycles. The molecule has 0 aliphatic carbocycles. The second-order valence-electron chi connectivity index (χ2n) is 31.2. The Labute approximate surface area is 555 Å². The minimum absolute atomic E-state index is 0.00116. The minimum Gasteiger partial charge on any atom is -0.465 e. The van der Waals surface area contributed by atoms with Gasteiger partial charge >= 0.3 is 17.9 Å². The summed E-state index contributed by atoms with van der Waals surface area (Å²) in [6, 6.07) is 0. The van der Waals surface area contributed by atoms with Crippen molar-refractivity contribution in [2.45, 2.75) is 281 Å². The highest BCUT2D eigenvalue weighted by atomic mass is 16.5. The first-order valence-electron chi connectivity index (χ1n) is 35.1. The zero-order valence-corrected chi connectivity index (χ0v) is 66.1. The smallest absolute Gasteiger partial charge is 0.308 e. The van der Waals surface area contributed by atoms with Gasteiger partial charge in [-0.25, -0.2) is 0 Å². The summed E-state index contributed by atoms with van der Waals surface area (Å²) in [5.41, 5.74) is 0. The first-order chi connectivity index (χ1) is 40.5. The van der Waals surface area contributed by atoms with E-state index in [4.69, 9.17) is 18.9 Å². The van der Waals surface area contributed by atoms with Gasteiger partial charge in [-0.15, -0.1) is 0 Å². The number of carbonyl (C=O) groups excluding carboxylic acids is 6. The third-order valence-electron chi connectivity index (χ3n) is 10.1. The molecule has 14 heteroatoms. The Kier molecular flexibility index (Phi) is 82.9. The van der Waals surface area contributed by atoms with Gasteiger partial charge in [-0.1, -0.05) is 249 Å². The van der Waals surface area contributed by atoms with E-state index in [1.54, 1.807) is 0 Å². The monoisotopic (exact) mass is 1280 g/mol. The highest BCUT2D eigenvalue weighted by Gasteiger charge is 2.11. The number of hydrogen-bond acceptors (Lipinski definition) is 11. The summed E-state index contributed by atoms with van der Waals surface area (Å²) in [5, 5.41) is 12.0. The molecule has 0 atom stereocenters. The van der Waals surface area contributed by atoms with E-state index in [0.29, 0.717) is 117 Å². The molecule has 89 heavy (non-hydrogen) atoms. The summed E-state index contributed by atoms with van der Waals surface area (Å²) in [6.45, 7) is 83.2. The molecule has 0 aromatic heterocycles. The maximum absolute atomic E-state index is 11.0. The Morgan fingerprint density at radius 3 is 0.719 bits per heavy atom. The molecule has 0 spiro atoms. The van der Waals surface area contributed by atoms with Crippen molar-refractivity contribution in [2.24, 2.45) is 107 Å². The van der Waals surface area contributed by atoms with Crippen LogP contribution in [0.1, 0.15) is 281 Å². The van der Waals surface area contributed by atoms with Crippen molar-refractivity contribution in [3.63, 3.8) is 0 Å². The molecule has 0 bridgehead atoms. The van der Waals surface area contributed by atoms with Crippen molar-refractivity contribution in [1.29, 1.82) is 0 Å². The first kappa shape index (κ1) is 105. The molecule has 0 saturated carbocycles. The van der Waals surface area contributed by atoms with Crippen molar-refractivity contribution >= 4 is 35.6 Å². The molecule has 3 amide bonds. The van der Waals surface area contributed by atoms with Crippen LogP contribution in [0.2, 0.25) is 0 Å². The van der Waals surface area contributed by atoms with Gasteiger partial charge in [0.2, 0.25) is 17.7 Å². The lowest BCUT2D eigenvalue weighted by Gasteiger charge is -2.08. The molecule has 14 nitrogen and oxygen atoms in total. The van der Waals surface area contributed by atoms with Crippen LogP contribution in [0.5, 0.6) is 0 Å². The Morgan fingerprint density at radius 2 is 0.517 bits per heavy atom. The third kappa shape index (κ3) is 130. The summed E-state index contributed by atoms with van der Waals surface area (Å²) in [4.78, 5) is 65.7. The molecule has 0 radical (unpaired) electrons. The Morgan fingerprint density at radius 1 is 0.258 bits per heavy atom. The molecular weight excluding hydrogens is 1120 g/mol. The number of amides is 3. The van der Waals surface area contributed by atoms with Gasteiger partial charge in [0.05, 0.1) is 25.7 Å². The average molecular weight is 1280 g/mol. The van der Waals surface area contributed by atoms with Crippen LogP contribution < -0.4 is 21.3 Å². The number of hydrogen-bond donors (Lipinski definition) is 4. The van der Waals surface area contributed by atoms with Gasteiger partial charge in [-0.05, 0) is 114 Å². The van der Waals surface area contributed by atoms with Crippen molar-refractivity contribution in [3.8, 4) is 0 Å². The summed E-state index contributed by atoms with van der Waals surface area (Å²) in [7, 11) is 0. The summed E-state index contributed by atoms with van der Waals surface area (Å²) in [5.74, 6) is 9.66. The zero-order chi connectivity index (χ0) is 72.1. The Bertz CT molecular complexity index is 1360. The topological polar surface area (TPSA) is 187 Å². The number of rotatable bonds is 32. The van der Waals surface area contributed by atoms with Crippen LogP contribution in [-0.2, 0) is 47.7 Å². The maximum Gasteiger partial charge on any atom is 0.308 e. The SMILES string of the molecule is CC(C)CC(C)C.CC(C)CNC(=O)C(C)C.CC(C)CNC(=O)CC(C)C.CC(C)CNC(=O)CC(C)C.CC(C)CNCC(C)C.CC(C)COC(=O)C(C)C.CC(C)COC(=O)CC(C)C.CC(C)COC(=O)CC(C)C.CC(C)COCC(C)C. The average Bonchev–Trinajstić information content (AvgIpc) is 3.34. The highest BCUT2D eigenvalue weighted by molar-refractivity contribution is 5.78. The Hall–Kier alpha value is -3.26. The van der Waals surface area contributed by atoms with Crippen molar-refractivity contribution in [3.05, 3.63) is 0 Å². The van der Waals surface area contributed by atoms with E-state index in [0.717, 1.165) is 69.6 Å². The largest absolute Gasteiger partial charge is 0.465 e. The van der Waals surface area contributed by atoms with E-state index in [1.165, 1.54) is 6.42 Å². The van der Waals surface area contributed by atoms with Crippen LogP contribution in [-0.4, -0.2) is 101 Å². The van der Waals surface area contributed by atoms with Gasteiger partial charge in [-0.3, -0.25) is 28.8 Å². The van der Waals surface area contributed by atoms with Crippen LogP contribution >= 0.6 is 0 Å². The fraction of sp³-hybridized carbons (Fsp3) is 0.920. The molecule has 0 aliphatic rings. The van der Waals surface area contributed by atoms with Crippen LogP contribution in [0.25, 0.3) is 0 Å². The molecule has 0 unspecified atom stereocenters. The lowest BCUT2D eigenvalue weighted by atomic mass is 10.0. The fourth-order valence-electron chi connectivity index (χ4n) is 5.89. The van der Waals surface area contributed by atoms with Gasteiger partial charge in [0.15, 0.2) is 0 Å². The van der Waals surface area contributed by atoms with Gasteiger partial charge in [0.25, 0.3) is 0 Å². The predicted molar refractivity (Wildman–Crippen MR) is 386 cm³/mol. The molecule has 4 N–H and O–H groups in total. The molecular formula is C75H160N4O10. The van der Waals surface area contributed by atoms with Gasteiger partial charge in [0, 0.05) is 64.4 Å². The van der Waals surface area contributed by atoms with Gasteiger partial charge in [-0.2, -0.15) is 0 Å². The normalized spacial score (nSPS) is 10.9. The van der Waals surface area contributed by atoms with Crippen LogP contribution in [0.3, 0.4) is 0 Å². The molecule has 0 aliphatic heterocycles. The summed E-state index contributed by atoms with van der Waals surface area (Å²) >= 11 is 0. The van der Waals surface area contributed by atoms with Gasteiger partial charge < -0.3 is 40.2 Å². The van der Waals surface area contributed by atoms with E-state index in [2.05, 4.69) is 174 Å². The molecule has 0 aromatic rings. The standard InChI is InChI=1S/2C9H19NO.2C9H18O2.C8H17NO.C8H19N.C8H16O2.C8H18O.C7H16/c2*1-7(2)5-9(11)10-6-8(3)4;2*1-7(2)5-9(10)11-6-8(3)4;1-6(2)5-9-8(10)7(3)4;1-7(2)5-9-6-8(3)4;1-6(2)5-10-8(9)7(3)4;1-7(2)5-9-6-8(3)4;1-6(2)5-7(3)4/h2*7-8H,5-6H2,1-4H3,(H,10,11);2*7-8H,5-6H2,1-4H3;6-7H,5H2,1-4H3,(H,9,10);7-9H,5-6H2,1-4H3;6-7H,5H2,1-4H3;7-8H,5-6H2,1-4H3;6-7H,5H2,1-4H3. The van der Waals surface area contributed by atoms with Crippen LogP contribution in [0.15, 0.2) is 0 Å². The lowest BCUT2D eigenvalue weighted by Crippen LogP contribution is -2.30. The predicted octanol–water partition coefficient (Wildman–Crippen LogP) is 18.2. The van der Waals surface area contributed by atoms with Crippen molar-refractivity contribution < 1.29 is 47.7 Å². The highest BCUT2D eigenvalue weighted by Crippen LogP contribution is 2.09. The van der Waals surface area contributed by atoms with E-state index in [-0.39, 0.29) is 47.5 Å². The number of esters is 3. The summed E-state index contributed by atoms with van der Waals surface area (Å²) < 4.78 is 20.2. The quantitative estimate of drug-likeness (QED) is 0.0371. The van der Waals surface area contributed by atoms with Crippen LogP contribution in [0, 0.1) is 107 Å². The zero-order valence-electron chi connectivity index (χ0n) is 66.1. The fourth-order valence-corrected chi connectivity index (χ4v) is 5.89. The van der Waals surface area contributed by atoms with E-state index in [9.17, 15) is 28.8 Å². The molecule has 0 fully saturated rings. The molecule has 0 rings (SSSR count). The number of ether oxygens (including phenoxy) is 4. The molecule has 0 saturated heterocycles. The van der Waals surface area contributed by atoms with Crippen LogP contribution in [0.4, 0.5) is 0 Å². The maximum atomic E-state index is 11.0. The third-order valence-corrected chi connectivity index (χ3v) is 10.1. The Balaban J connectivity index is -0.000000116. The van der Waals surface area contributed by atoms with Crippen molar-refractivity contribution in [1.82, 2.24) is 21.3 Å². The van der Waals surface area contributed by atoms with E-state index < -0.39 is 0 Å². The number of carbonyl (C=O) groups is 6. The first-order valence-corrected chi connectivity index (χ1v) is 35.1. The number of nitrogens with one attached hydrogen (secondary N) is 4. The van der Waals surface area contributed by atoms with Gasteiger partial charge in [0.1, 0.15) is 0 Å². The summed E-state index contributed by atoms with van der Waals surface area (Å²) in [6.07, 6.45) is 3.72. The molecule has 0 heterocycles. The molecule has 540 valence electrons. The second-order valence-corrected chi connectivity index (χ2v) is 31.2.